The second-order valence-corrected chi connectivity index (χ2v) is 6.47. The number of ether oxygens (including phenoxy) is 1. The zero-order valence-corrected chi connectivity index (χ0v) is 13.5. The number of hydrogen-bond acceptors (Lipinski definition) is 4. The van der Waals surface area contributed by atoms with Gasteiger partial charge in [0.05, 0.1) is 26.0 Å². The molecule has 0 amide bonds. The van der Waals surface area contributed by atoms with Crippen molar-refractivity contribution in [3.63, 3.8) is 0 Å². The first kappa shape index (κ1) is 17.2. The molecule has 0 aromatic heterocycles. The Kier molecular flexibility index (Phi) is 7.90. The van der Waals surface area contributed by atoms with Gasteiger partial charge in [-0.2, -0.15) is 0 Å². The third kappa shape index (κ3) is 5.66. The minimum atomic E-state index is -3.09. The number of unbranched alkanes of at least 4 members (excludes halogenated alkanes) is 1. The second kappa shape index (κ2) is 9.17. The van der Waals surface area contributed by atoms with Crippen molar-refractivity contribution in [2.75, 3.05) is 19.8 Å². The van der Waals surface area contributed by atoms with Crippen LogP contribution >= 0.6 is 7.60 Å². The average Bonchev–Trinajstić information content (AvgIpc) is 2.41. The molecule has 0 saturated carbocycles. The normalized spacial score (nSPS) is 11.6. The highest BCUT2D eigenvalue weighted by molar-refractivity contribution is 7.53. The lowest BCUT2D eigenvalue weighted by molar-refractivity contribution is 0.218. The molecular formula is C15H25O4P. The molecule has 0 atom stereocenters. The maximum atomic E-state index is 12.6. The van der Waals surface area contributed by atoms with Crippen molar-refractivity contribution in [3.8, 4) is 5.75 Å². The molecule has 4 nitrogen and oxygen atoms in total. The molecule has 1 rings (SSSR count). The smallest absolute Gasteiger partial charge is 0.335 e. The molecule has 20 heavy (non-hydrogen) atoms. The summed E-state index contributed by atoms with van der Waals surface area (Å²) < 4.78 is 29.0. The number of para-hydroxylation sites is 1. The Balaban J connectivity index is 2.81. The van der Waals surface area contributed by atoms with E-state index in [1.807, 2.05) is 38.1 Å². The maximum Gasteiger partial charge on any atom is 0.335 e. The highest BCUT2D eigenvalue weighted by Crippen LogP contribution is 2.52. The van der Waals surface area contributed by atoms with E-state index in [0.29, 0.717) is 19.8 Å². The van der Waals surface area contributed by atoms with E-state index in [-0.39, 0.29) is 6.16 Å². The van der Waals surface area contributed by atoms with Gasteiger partial charge in [0.1, 0.15) is 5.75 Å². The summed E-state index contributed by atoms with van der Waals surface area (Å²) in [5.41, 5.74) is 0.869. The maximum absolute atomic E-state index is 12.6. The summed E-state index contributed by atoms with van der Waals surface area (Å²) >= 11 is 0. The van der Waals surface area contributed by atoms with Crippen LogP contribution in [0.4, 0.5) is 0 Å². The molecule has 1 aromatic carbocycles. The summed E-state index contributed by atoms with van der Waals surface area (Å²) in [6, 6.07) is 7.63. The Labute approximate surface area is 122 Å². The molecule has 114 valence electrons. The standard InChI is InChI=1S/C15H25O4P/c1-4-7-12-17-15-11-9-8-10-14(15)13-20(16,18-5-2)19-6-3/h8-11H,4-7,12-13H2,1-3H3. The lowest BCUT2D eigenvalue weighted by Crippen LogP contribution is -2.03. The summed E-state index contributed by atoms with van der Waals surface area (Å²) in [5.74, 6) is 0.764. The van der Waals surface area contributed by atoms with E-state index in [1.165, 1.54) is 0 Å². The van der Waals surface area contributed by atoms with Gasteiger partial charge in [-0.3, -0.25) is 4.57 Å². The van der Waals surface area contributed by atoms with E-state index >= 15 is 0 Å². The van der Waals surface area contributed by atoms with Gasteiger partial charge in [0.25, 0.3) is 0 Å². The molecule has 0 spiro atoms. The Hall–Kier alpha value is -0.830. The molecular weight excluding hydrogens is 275 g/mol. The third-order valence-corrected chi connectivity index (χ3v) is 4.77. The molecule has 0 unspecified atom stereocenters. The van der Waals surface area contributed by atoms with Crippen LogP contribution in [0.15, 0.2) is 24.3 Å². The van der Waals surface area contributed by atoms with E-state index < -0.39 is 7.60 Å². The molecule has 0 aliphatic rings. The lowest BCUT2D eigenvalue weighted by Gasteiger charge is -2.18. The molecule has 0 aliphatic heterocycles. The van der Waals surface area contributed by atoms with Crippen LogP contribution in [0.5, 0.6) is 5.75 Å². The van der Waals surface area contributed by atoms with Crippen molar-refractivity contribution in [1.82, 2.24) is 0 Å². The molecule has 0 saturated heterocycles. The van der Waals surface area contributed by atoms with Crippen LogP contribution in [-0.4, -0.2) is 19.8 Å². The van der Waals surface area contributed by atoms with Gasteiger partial charge in [0, 0.05) is 5.56 Å². The predicted molar refractivity (Wildman–Crippen MR) is 81.4 cm³/mol. The van der Waals surface area contributed by atoms with Gasteiger partial charge >= 0.3 is 7.60 Å². The van der Waals surface area contributed by atoms with Crippen molar-refractivity contribution in [1.29, 1.82) is 0 Å². The van der Waals surface area contributed by atoms with Crippen LogP contribution in [-0.2, 0) is 19.8 Å². The zero-order chi connectivity index (χ0) is 14.8. The SMILES string of the molecule is CCCCOc1ccccc1CP(=O)(OCC)OCC. The average molecular weight is 300 g/mol. The Morgan fingerprint density at radius 2 is 1.70 bits per heavy atom. The minimum absolute atomic E-state index is 0.247. The summed E-state index contributed by atoms with van der Waals surface area (Å²) in [5, 5.41) is 0. The molecule has 1 aromatic rings. The van der Waals surface area contributed by atoms with Crippen LogP contribution in [0.2, 0.25) is 0 Å². The molecule has 0 heterocycles. The van der Waals surface area contributed by atoms with Gasteiger partial charge in [0.15, 0.2) is 0 Å². The van der Waals surface area contributed by atoms with E-state index in [2.05, 4.69) is 6.92 Å². The van der Waals surface area contributed by atoms with Crippen molar-refractivity contribution < 1.29 is 18.3 Å². The van der Waals surface area contributed by atoms with Crippen molar-refractivity contribution in [3.05, 3.63) is 29.8 Å². The van der Waals surface area contributed by atoms with Crippen LogP contribution in [0.3, 0.4) is 0 Å². The first-order chi connectivity index (χ1) is 9.65. The fraction of sp³-hybridized carbons (Fsp3) is 0.600. The minimum Gasteiger partial charge on any atom is -0.493 e. The molecule has 0 fully saturated rings. The molecule has 0 bridgehead atoms. The van der Waals surface area contributed by atoms with Gasteiger partial charge in [-0.25, -0.2) is 0 Å². The van der Waals surface area contributed by atoms with Gasteiger partial charge in [-0.05, 0) is 26.3 Å². The number of hydrogen-bond donors (Lipinski definition) is 0. The van der Waals surface area contributed by atoms with E-state index in [9.17, 15) is 4.57 Å². The topological polar surface area (TPSA) is 44.8 Å². The van der Waals surface area contributed by atoms with Crippen LogP contribution in [0.1, 0.15) is 39.2 Å². The number of rotatable bonds is 10. The van der Waals surface area contributed by atoms with Crippen LogP contribution < -0.4 is 4.74 Å². The van der Waals surface area contributed by atoms with Crippen molar-refractivity contribution in [2.45, 2.75) is 39.8 Å². The zero-order valence-electron chi connectivity index (χ0n) is 12.6. The number of benzene rings is 1. The first-order valence-corrected chi connectivity index (χ1v) is 8.96. The third-order valence-electron chi connectivity index (χ3n) is 2.74. The first-order valence-electron chi connectivity index (χ1n) is 7.24. The Morgan fingerprint density at radius 1 is 1.05 bits per heavy atom. The van der Waals surface area contributed by atoms with E-state index in [1.54, 1.807) is 0 Å². The highest BCUT2D eigenvalue weighted by Gasteiger charge is 2.25. The largest absolute Gasteiger partial charge is 0.493 e. The summed E-state index contributed by atoms with van der Waals surface area (Å²) in [6.07, 6.45) is 2.33. The van der Waals surface area contributed by atoms with Crippen LogP contribution in [0, 0.1) is 0 Å². The van der Waals surface area contributed by atoms with Crippen LogP contribution in [0.25, 0.3) is 0 Å². The molecule has 0 N–H and O–H groups in total. The van der Waals surface area contributed by atoms with Crippen molar-refractivity contribution >= 4 is 7.60 Å². The molecule has 0 radical (unpaired) electrons. The molecule has 5 heteroatoms. The predicted octanol–water partition coefficient (Wildman–Crippen LogP) is 4.63. The lowest BCUT2D eigenvalue weighted by atomic mass is 10.2. The second-order valence-electron chi connectivity index (χ2n) is 4.41. The summed E-state index contributed by atoms with van der Waals surface area (Å²) in [4.78, 5) is 0. The quantitative estimate of drug-likeness (QED) is 0.467. The van der Waals surface area contributed by atoms with E-state index in [4.69, 9.17) is 13.8 Å². The highest BCUT2D eigenvalue weighted by atomic mass is 31.2. The van der Waals surface area contributed by atoms with Crippen molar-refractivity contribution in [2.24, 2.45) is 0 Å². The van der Waals surface area contributed by atoms with Gasteiger partial charge in [0.2, 0.25) is 0 Å². The summed E-state index contributed by atoms with van der Waals surface area (Å²) in [7, 11) is -3.09. The fourth-order valence-corrected chi connectivity index (χ4v) is 3.55. The summed E-state index contributed by atoms with van der Waals surface area (Å²) in [6.45, 7) is 7.16. The monoisotopic (exact) mass is 300 g/mol. The van der Waals surface area contributed by atoms with Gasteiger partial charge < -0.3 is 13.8 Å². The molecule has 0 aliphatic carbocycles. The van der Waals surface area contributed by atoms with Gasteiger partial charge in [-0.15, -0.1) is 0 Å². The van der Waals surface area contributed by atoms with E-state index in [0.717, 1.165) is 24.2 Å². The van der Waals surface area contributed by atoms with Gasteiger partial charge in [-0.1, -0.05) is 31.5 Å². The Morgan fingerprint density at radius 3 is 2.30 bits per heavy atom. The Bertz CT molecular complexity index is 424. The fourth-order valence-electron chi connectivity index (χ4n) is 1.83.